The number of carbonyl (C=O) groups excluding carboxylic acids is 5. The number of nitrogens with zero attached hydrogens (tertiary/aromatic N) is 3. The number of carboxylic acids is 1. The molecule has 1 N–H and O–H groups in total. The van der Waals surface area contributed by atoms with Crippen LogP contribution in [0.3, 0.4) is 0 Å². The van der Waals surface area contributed by atoms with Gasteiger partial charge in [0.05, 0.1) is 6.54 Å². The zero-order valence-electron chi connectivity index (χ0n) is 14.6. The molecule has 144 valence electrons. The van der Waals surface area contributed by atoms with Gasteiger partial charge in [0, 0.05) is 39.8 Å². The van der Waals surface area contributed by atoms with Gasteiger partial charge in [-0.3, -0.25) is 24.0 Å². The molecule has 0 bridgehead atoms. The second kappa shape index (κ2) is 9.49. The van der Waals surface area contributed by atoms with Gasteiger partial charge in [-0.1, -0.05) is 0 Å². The molecule has 11 nitrogen and oxygen atoms in total. The molecular formula is C15H21N3O8. The minimum absolute atomic E-state index is 0.000251. The van der Waals surface area contributed by atoms with Crippen LogP contribution in [-0.4, -0.2) is 82.7 Å². The highest BCUT2D eigenvalue weighted by Gasteiger charge is 2.32. The number of rotatable bonds is 9. The number of likely N-dealkylation sites (N-methyl/N-ethyl adjacent to an activating group) is 2. The SMILES string of the molecule is CN(CC(=O)O)C(=O)CN(C)C(=O)CCCC(=O)ON1C(=O)CCC1=O. The lowest BCUT2D eigenvalue weighted by molar-refractivity contribution is -0.197. The maximum absolute atomic E-state index is 11.9. The van der Waals surface area contributed by atoms with E-state index in [1.54, 1.807) is 0 Å². The Kier molecular flexibility index (Phi) is 7.69. The minimum atomic E-state index is -1.16. The summed E-state index contributed by atoms with van der Waals surface area (Å²) in [7, 11) is 2.69. The van der Waals surface area contributed by atoms with Crippen molar-refractivity contribution in [3.8, 4) is 0 Å². The van der Waals surface area contributed by atoms with E-state index in [2.05, 4.69) is 4.84 Å². The van der Waals surface area contributed by atoms with Gasteiger partial charge in [-0.15, -0.1) is 5.06 Å². The van der Waals surface area contributed by atoms with E-state index < -0.39 is 42.1 Å². The fourth-order valence-electron chi connectivity index (χ4n) is 2.08. The number of carbonyl (C=O) groups is 6. The van der Waals surface area contributed by atoms with Crippen LogP contribution in [0.2, 0.25) is 0 Å². The van der Waals surface area contributed by atoms with Crippen LogP contribution >= 0.6 is 0 Å². The normalized spacial score (nSPS) is 13.5. The van der Waals surface area contributed by atoms with Crippen molar-refractivity contribution in [3.63, 3.8) is 0 Å². The van der Waals surface area contributed by atoms with Gasteiger partial charge in [-0.2, -0.15) is 0 Å². The molecule has 1 heterocycles. The van der Waals surface area contributed by atoms with Crippen LogP contribution < -0.4 is 0 Å². The molecule has 0 unspecified atom stereocenters. The van der Waals surface area contributed by atoms with E-state index in [9.17, 15) is 28.8 Å². The van der Waals surface area contributed by atoms with E-state index in [4.69, 9.17) is 5.11 Å². The molecule has 0 atom stereocenters. The summed E-state index contributed by atoms with van der Waals surface area (Å²) < 4.78 is 0. The van der Waals surface area contributed by atoms with Crippen LogP contribution in [0.15, 0.2) is 0 Å². The Morgan fingerprint density at radius 3 is 2.04 bits per heavy atom. The summed E-state index contributed by atoms with van der Waals surface area (Å²) in [5.74, 6) is -4.08. The lowest BCUT2D eigenvalue weighted by atomic mass is 10.2. The molecule has 1 fully saturated rings. The molecule has 0 aliphatic carbocycles. The van der Waals surface area contributed by atoms with Crippen LogP contribution in [0.25, 0.3) is 0 Å². The molecule has 1 aliphatic rings. The zero-order chi connectivity index (χ0) is 19.9. The molecule has 4 amide bonds. The number of carboxylic acid groups (broad SMARTS) is 1. The monoisotopic (exact) mass is 371 g/mol. The molecular weight excluding hydrogens is 350 g/mol. The van der Waals surface area contributed by atoms with Gasteiger partial charge in [0.25, 0.3) is 11.8 Å². The molecule has 1 rings (SSSR count). The van der Waals surface area contributed by atoms with Crippen LogP contribution in [-0.2, 0) is 33.6 Å². The van der Waals surface area contributed by atoms with E-state index >= 15 is 0 Å². The lowest BCUT2D eigenvalue weighted by Gasteiger charge is -2.20. The molecule has 0 spiro atoms. The molecule has 0 aromatic carbocycles. The molecule has 1 saturated heterocycles. The second-order valence-electron chi connectivity index (χ2n) is 5.79. The van der Waals surface area contributed by atoms with E-state index in [-0.39, 0.29) is 38.6 Å². The Morgan fingerprint density at radius 2 is 1.50 bits per heavy atom. The summed E-state index contributed by atoms with van der Waals surface area (Å²) >= 11 is 0. The van der Waals surface area contributed by atoms with Crippen molar-refractivity contribution in [3.05, 3.63) is 0 Å². The van der Waals surface area contributed by atoms with Crippen molar-refractivity contribution in [1.82, 2.24) is 14.9 Å². The third-order valence-corrected chi connectivity index (χ3v) is 3.57. The van der Waals surface area contributed by atoms with Gasteiger partial charge < -0.3 is 19.7 Å². The summed E-state index contributed by atoms with van der Waals surface area (Å²) in [4.78, 5) is 75.2. The first kappa shape index (κ1) is 21.1. The van der Waals surface area contributed by atoms with Crippen molar-refractivity contribution in [2.45, 2.75) is 32.1 Å². The number of hydrogen-bond acceptors (Lipinski definition) is 7. The molecule has 0 aromatic rings. The third kappa shape index (κ3) is 6.49. The van der Waals surface area contributed by atoms with Crippen LogP contribution in [0.1, 0.15) is 32.1 Å². The highest BCUT2D eigenvalue weighted by atomic mass is 16.7. The fourth-order valence-corrected chi connectivity index (χ4v) is 2.08. The summed E-state index contributed by atoms with van der Waals surface area (Å²) in [6.45, 7) is -0.759. The average molecular weight is 371 g/mol. The summed E-state index contributed by atoms with van der Waals surface area (Å²) in [6, 6.07) is 0. The van der Waals surface area contributed by atoms with Gasteiger partial charge in [0.1, 0.15) is 6.54 Å². The smallest absolute Gasteiger partial charge is 0.333 e. The molecule has 11 heteroatoms. The average Bonchev–Trinajstić information content (AvgIpc) is 2.85. The number of amides is 4. The summed E-state index contributed by atoms with van der Waals surface area (Å²) in [5.41, 5.74) is 0. The van der Waals surface area contributed by atoms with Gasteiger partial charge >= 0.3 is 11.9 Å². The number of imide groups is 1. The molecule has 0 aromatic heterocycles. The van der Waals surface area contributed by atoms with E-state index in [0.717, 1.165) is 9.80 Å². The first-order valence-electron chi connectivity index (χ1n) is 7.88. The first-order chi connectivity index (χ1) is 12.1. The second-order valence-corrected chi connectivity index (χ2v) is 5.79. The number of hydrogen-bond donors (Lipinski definition) is 1. The maximum Gasteiger partial charge on any atom is 0.333 e. The van der Waals surface area contributed by atoms with Gasteiger partial charge in [0.2, 0.25) is 11.8 Å². The van der Waals surface area contributed by atoms with Crippen molar-refractivity contribution < 1.29 is 38.7 Å². The minimum Gasteiger partial charge on any atom is -0.480 e. The largest absolute Gasteiger partial charge is 0.480 e. The van der Waals surface area contributed by atoms with Crippen molar-refractivity contribution in [2.24, 2.45) is 0 Å². The Hall–Kier alpha value is -2.98. The Balaban J connectivity index is 2.31. The van der Waals surface area contributed by atoms with Crippen molar-refractivity contribution in [1.29, 1.82) is 0 Å². The first-order valence-corrected chi connectivity index (χ1v) is 7.88. The van der Waals surface area contributed by atoms with Crippen LogP contribution in [0.4, 0.5) is 0 Å². The van der Waals surface area contributed by atoms with Crippen molar-refractivity contribution in [2.75, 3.05) is 27.2 Å². The van der Waals surface area contributed by atoms with Gasteiger partial charge in [0.15, 0.2) is 0 Å². The van der Waals surface area contributed by atoms with E-state index in [0.29, 0.717) is 5.06 Å². The van der Waals surface area contributed by atoms with E-state index in [1.165, 1.54) is 14.1 Å². The predicted octanol–water partition coefficient (Wildman–Crippen LogP) is -1.23. The maximum atomic E-state index is 11.9. The third-order valence-electron chi connectivity index (χ3n) is 3.57. The molecule has 0 radical (unpaired) electrons. The van der Waals surface area contributed by atoms with Gasteiger partial charge in [-0.05, 0) is 6.42 Å². The van der Waals surface area contributed by atoms with Crippen molar-refractivity contribution >= 4 is 35.6 Å². The van der Waals surface area contributed by atoms with Crippen LogP contribution in [0.5, 0.6) is 0 Å². The Bertz CT molecular complexity index is 602. The topological polar surface area (TPSA) is 142 Å². The quantitative estimate of drug-likeness (QED) is 0.496. The predicted molar refractivity (Wildman–Crippen MR) is 83.9 cm³/mol. The van der Waals surface area contributed by atoms with Gasteiger partial charge in [-0.25, -0.2) is 4.79 Å². The molecule has 0 saturated carbocycles. The number of aliphatic carboxylic acids is 1. The molecule has 1 aliphatic heterocycles. The highest BCUT2D eigenvalue weighted by molar-refractivity contribution is 6.01. The lowest BCUT2D eigenvalue weighted by Crippen LogP contribution is -2.41. The number of hydroxylamine groups is 2. The van der Waals surface area contributed by atoms with E-state index in [1.807, 2.05) is 0 Å². The summed E-state index contributed by atoms with van der Waals surface area (Å²) in [6.07, 6.45) is -0.121. The van der Waals surface area contributed by atoms with Crippen LogP contribution in [0, 0.1) is 0 Å². The fraction of sp³-hybridized carbons (Fsp3) is 0.600. The Morgan fingerprint density at radius 1 is 0.962 bits per heavy atom. The standard InChI is InChI=1S/C15H21N3O8/c1-16(8-13(22)17(2)9-14(23)24)10(19)4-3-5-15(25)26-18-11(20)6-7-12(18)21/h3-9H2,1-2H3,(H,23,24). The Labute approximate surface area is 149 Å². The summed E-state index contributed by atoms with van der Waals surface area (Å²) in [5, 5.41) is 9.05. The highest BCUT2D eigenvalue weighted by Crippen LogP contribution is 2.13. The zero-order valence-corrected chi connectivity index (χ0v) is 14.6. The molecule has 26 heavy (non-hydrogen) atoms.